The highest BCUT2D eigenvalue weighted by Gasteiger charge is 2.28. The molecule has 0 spiro atoms. The number of amides is 1. The maximum Gasteiger partial charge on any atom is 0.236 e. The molecular formula is C12H24N2O2. The summed E-state index contributed by atoms with van der Waals surface area (Å²) in [4.78, 5) is 15.9. The molecule has 0 aromatic rings. The molecule has 1 fully saturated rings. The van der Waals surface area contributed by atoms with Gasteiger partial charge >= 0.3 is 0 Å². The summed E-state index contributed by atoms with van der Waals surface area (Å²) in [5.74, 6) is 0.188. The zero-order valence-electron chi connectivity index (χ0n) is 11.1. The van der Waals surface area contributed by atoms with Crippen molar-refractivity contribution in [3.63, 3.8) is 0 Å². The summed E-state index contributed by atoms with van der Waals surface area (Å²) in [6.07, 6.45) is 0. The van der Waals surface area contributed by atoms with E-state index in [0.717, 1.165) is 13.1 Å². The average Bonchev–Trinajstić information content (AvgIpc) is 2.14. The van der Waals surface area contributed by atoms with Crippen molar-refractivity contribution in [2.75, 3.05) is 33.3 Å². The third-order valence-electron chi connectivity index (χ3n) is 3.03. The minimum atomic E-state index is -0.130. The molecule has 0 aromatic heterocycles. The molecule has 0 aromatic carbocycles. The Bertz CT molecular complexity index is 251. The summed E-state index contributed by atoms with van der Waals surface area (Å²) in [6, 6.07) is 0.265. The van der Waals surface area contributed by atoms with Gasteiger partial charge in [-0.15, -0.1) is 0 Å². The quantitative estimate of drug-likeness (QED) is 0.721. The van der Waals surface area contributed by atoms with E-state index in [4.69, 9.17) is 4.74 Å². The Morgan fingerprint density at radius 2 is 2.12 bits per heavy atom. The van der Waals surface area contributed by atoms with E-state index in [1.807, 2.05) is 20.9 Å². The molecule has 1 saturated heterocycles. The van der Waals surface area contributed by atoms with Gasteiger partial charge in [0.25, 0.3) is 0 Å². The predicted octanol–water partition coefficient (Wildman–Crippen LogP) is 0.964. The molecule has 1 heterocycles. The van der Waals surface area contributed by atoms with Crippen molar-refractivity contribution < 1.29 is 9.53 Å². The molecule has 0 unspecified atom stereocenters. The first-order chi connectivity index (χ1) is 7.32. The Hall–Kier alpha value is -0.610. The highest BCUT2D eigenvalue weighted by Crippen LogP contribution is 2.16. The lowest BCUT2D eigenvalue weighted by Crippen LogP contribution is -2.51. The highest BCUT2D eigenvalue weighted by atomic mass is 16.5. The molecule has 0 atom stereocenters. The van der Waals surface area contributed by atoms with Gasteiger partial charge in [0.2, 0.25) is 5.91 Å². The number of carbonyl (C=O) groups is 1. The molecule has 16 heavy (non-hydrogen) atoms. The predicted molar refractivity (Wildman–Crippen MR) is 64.4 cm³/mol. The first kappa shape index (κ1) is 13.5. The topological polar surface area (TPSA) is 32.8 Å². The van der Waals surface area contributed by atoms with Crippen LogP contribution in [0.5, 0.6) is 0 Å². The molecule has 1 aliphatic heterocycles. The van der Waals surface area contributed by atoms with Crippen LogP contribution in [0.2, 0.25) is 0 Å². The second kappa shape index (κ2) is 5.15. The van der Waals surface area contributed by atoms with Crippen molar-refractivity contribution in [3.8, 4) is 0 Å². The van der Waals surface area contributed by atoms with E-state index in [9.17, 15) is 4.79 Å². The van der Waals surface area contributed by atoms with Crippen LogP contribution in [0, 0.1) is 0 Å². The molecule has 1 rings (SSSR count). The second-order valence-electron chi connectivity index (χ2n) is 5.42. The lowest BCUT2D eigenvalue weighted by atomic mass is 10.1. The number of carbonyl (C=O) groups excluding carboxylic acids is 1. The smallest absolute Gasteiger partial charge is 0.236 e. The molecule has 1 aliphatic rings. The number of hydrogen-bond acceptors (Lipinski definition) is 3. The van der Waals surface area contributed by atoms with Crippen LogP contribution in [-0.4, -0.2) is 60.6 Å². The van der Waals surface area contributed by atoms with Gasteiger partial charge in [0, 0.05) is 26.2 Å². The van der Waals surface area contributed by atoms with Gasteiger partial charge in [0.1, 0.15) is 0 Å². The minimum Gasteiger partial charge on any atom is -0.373 e. The van der Waals surface area contributed by atoms with Gasteiger partial charge in [-0.1, -0.05) is 0 Å². The Morgan fingerprint density at radius 1 is 1.50 bits per heavy atom. The molecule has 0 saturated carbocycles. The first-order valence-electron chi connectivity index (χ1n) is 5.94. The number of morpholine rings is 1. The summed E-state index contributed by atoms with van der Waals surface area (Å²) in [5, 5.41) is 0. The Morgan fingerprint density at radius 3 is 2.62 bits per heavy atom. The number of likely N-dealkylation sites (N-methyl/N-ethyl adjacent to an activating group) is 1. The molecular weight excluding hydrogens is 204 g/mol. The maximum absolute atomic E-state index is 11.9. The van der Waals surface area contributed by atoms with E-state index in [-0.39, 0.29) is 17.6 Å². The summed E-state index contributed by atoms with van der Waals surface area (Å²) in [6.45, 7) is 11.1. The largest absolute Gasteiger partial charge is 0.373 e. The molecule has 0 N–H and O–H groups in total. The molecule has 0 bridgehead atoms. The van der Waals surface area contributed by atoms with Crippen molar-refractivity contribution in [3.05, 3.63) is 0 Å². The lowest BCUT2D eigenvalue weighted by Gasteiger charge is -2.38. The third-order valence-corrected chi connectivity index (χ3v) is 3.03. The van der Waals surface area contributed by atoms with Gasteiger partial charge in [-0.05, 0) is 27.7 Å². The molecule has 0 radical (unpaired) electrons. The van der Waals surface area contributed by atoms with E-state index in [1.54, 1.807) is 4.90 Å². The van der Waals surface area contributed by atoms with Gasteiger partial charge in [-0.2, -0.15) is 0 Å². The fourth-order valence-electron chi connectivity index (χ4n) is 1.84. The second-order valence-corrected chi connectivity index (χ2v) is 5.42. The summed E-state index contributed by atoms with van der Waals surface area (Å²) >= 11 is 0. The van der Waals surface area contributed by atoms with Crippen LogP contribution < -0.4 is 0 Å². The lowest BCUT2D eigenvalue weighted by molar-refractivity contribution is -0.137. The van der Waals surface area contributed by atoms with Gasteiger partial charge in [0.05, 0.1) is 18.8 Å². The third kappa shape index (κ3) is 3.76. The summed E-state index contributed by atoms with van der Waals surface area (Å²) in [7, 11) is 1.86. The number of rotatable bonds is 3. The van der Waals surface area contributed by atoms with Gasteiger partial charge in [-0.3, -0.25) is 9.69 Å². The number of hydrogen-bond donors (Lipinski definition) is 0. The van der Waals surface area contributed by atoms with Crippen molar-refractivity contribution >= 4 is 5.91 Å². The van der Waals surface area contributed by atoms with E-state index in [2.05, 4.69) is 18.7 Å². The van der Waals surface area contributed by atoms with Crippen molar-refractivity contribution in [1.82, 2.24) is 9.80 Å². The Labute approximate surface area is 98.5 Å². The SMILES string of the molecule is CC(C)N(C)C(=O)CN1CCOC(C)(C)C1. The normalized spacial score (nSPS) is 21.1. The van der Waals surface area contributed by atoms with E-state index < -0.39 is 0 Å². The van der Waals surface area contributed by atoms with E-state index >= 15 is 0 Å². The van der Waals surface area contributed by atoms with Crippen LogP contribution in [0.4, 0.5) is 0 Å². The Kier molecular flexibility index (Phi) is 4.33. The van der Waals surface area contributed by atoms with Crippen LogP contribution in [0.3, 0.4) is 0 Å². The fraction of sp³-hybridized carbons (Fsp3) is 0.917. The van der Waals surface area contributed by atoms with E-state index in [0.29, 0.717) is 13.2 Å². The first-order valence-corrected chi connectivity index (χ1v) is 5.94. The van der Waals surface area contributed by atoms with Crippen LogP contribution >= 0.6 is 0 Å². The molecule has 1 amide bonds. The van der Waals surface area contributed by atoms with Crippen LogP contribution in [0.15, 0.2) is 0 Å². The standard InChI is InChI=1S/C12H24N2O2/c1-10(2)13(5)11(15)8-14-6-7-16-12(3,4)9-14/h10H,6-9H2,1-5H3. The zero-order chi connectivity index (χ0) is 12.3. The van der Waals surface area contributed by atoms with Crippen LogP contribution in [0.25, 0.3) is 0 Å². The van der Waals surface area contributed by atoms with Crippen molar-refractivity contribution in [2.45, 2.75) is 39.3 Å². The van der Waals surface area contributed by atoms with Gasteiger partial charge < -0.3 is 9.64 Å². The Balaban J connectivity index is 2.45. The average molecular weight is 228 g/mol. The molecule has 4 nitrogen and oxygen atoms in total. The van der Waals surface area contributed by atoms with E-state index in [1.165, 1.54) is 0 Å². The summed E-state index contributed by atoms with van der Waals surface area (Å²) in [5.41, 5.74) is -0.130. The van der Waals surface area contributed by atoms with Gasteiger partial charge in [0.15, 0.2) is 0 Å². The van der Waals surface area contributed by atoms with Crippen molar-refractivity contribution in [1.29, 1.82) is 0 Å². The van der Waals surface area contributed by atoms with Crippen LogP contribution in [0.1, 0.15) is 27.7 Å². The highest BCUT2D eigenvalue weighted by molar-refractivity contribution is 5.78. The van der Waals surface area contributed by atoms with Gasteiger partial charge in [-0.25, -0.2) is 0 Å². The molecule has 94 valence electrons. The fourth-order valence-corrected chi connectivity index (χ4v) is 1.84. The maximum atomic E-state index is 11.9. The van der Waals surface area contributed by atoms with Crippen molar-refractivity contribution in [2.24, 2.45) is 0 Å². The number of nitrogens with zero attached hydrogens (tertiary/aromatic N) is 2. The summed E-state index contributed by atoms with van der Waals surface area (Å²) < 4.78 is 5.62. The van der Waals surface area contributed by atoms with Crippen LogP contribution in [-0.2, 0) is 9.53 Å². The minimum absolute atomic E-state index is 0.130. The molecule has 4 heteroatoms. The zero-order valence-corrected chi connectivity index (χ0v) is 11.1. The number of ether oxygens (including phenoxy) is 1. The molecule has 0 aliphatic carbocycles. The monoisotopic (exact) mass is 228 g/mol.